The molecule has 6 heteroatoms. The standard InChI is InChI=1S/C9H14F2N2O2/c10-7(11)5-13-3-4-15-9(8(13)14)1-2-12-6-9/h7,12H,1-6H2/t9-/m1/s1. The largest absolute Gasteiger partial charge is 0.362 e. The van der Waals surface area contributed by atoms with E-state index >= 15 is 0 Å². The lowest BCUT2D eigenvalue weighted by Crippen LogP contribution is -2.58. The fourth-order valence-electron chi connectivity index (χ4n) is 2.12. The molecule has 86 valence electrons. The number of hydrogen-bond acceptors (Lipinski definition) is 3. The molecular formula is C9H14F2N2O2. The van der Waals surface area contributed by atoms with Crippen LogP contribution in [0.5, 0.6) is 0 Å². The molecule has 0 aromatic rings. The number of nitrogens with one attached hydrogen (secondary N) is 1. The second-order valence-electron chi connectivity index (χ2n) is 3.91. The number of alkyl halides is 2. The molecule has 0 radical (unpaired) electrons. The Bertz CT molecular complexity index is 254. The first-order chi connectivity index (χ1) is 7.14. The smallest absolute Gasteiger partial charge is 0.256 e. The minimum Gasteiger partial charge on any atom is -0.362 e. The Kier molecular flexibility index (Phi) is 2.88. The maximum Gasteiger partial charge on any atom is 0.256 e. The molecule has 0 aromatic carbocycles. The first kappa shape index (κ1) is 10.8. The fraction of sp³-hybridized carbons (Fsp3) is 0.889. The average molecular weight is 220 g/mol. The highest BCUT2D eigenvalue weighted by molar-refractivity contribution is 5.86. The summed E-state index contributed by atoms with van der Waals surface area (Å²) in [6, 6.07) is 0. The molecule has 0 aromatic heterocycles. The Balaban J connectivity index is 2.06. The van der Waals surface area contributed by atoms with Crippen molar-refractivity contribution in [2.24, 2.45) is 0 Å². The predicted octanol–water partition coefficient (Wildman–Crippen LogP) is -0.158. The number of morpholine rings is 1. The summed E-state index contributed by atoms with van der Waals surface area (Å²) < 4.78 is 29.9. The highest BCUT2D eigenvalue weighted by Gasteiger charge is 2.47. The van der Waals surface area contributed by atoms with Gasteiger partial charge in [0, 0.05) is 13.1 Å². The van der Waals surface area contributed by atoms with E-state index in [1.54, 1.807) is 0 Å². The summed E-state index contributed by atoms with van der Waals surface area (Å²) in [6.45, 7) is 1.27. The predicted molar refractivity (Wildman–Crippen MR) is 48.8 cm³/mol. The van der Waals surface area contributed by atoms with Crippen LogP contribution in [0.3, 0.4) is 0 Å². The lowest BCUT2D eigenvalue weighted by molar-refractivity contribution is -0.170. The molecule has 2 rings (SSSR count). The van der Waals surface area contributed by atoms with Crippen molar-refractivity contribution in [3.63, 3.8) is 0 Å². The van der Waals surface area contributed by atoms with E-state index in [1.165, 1.54) is 4.90 Å². The number of carbonyl (C=O) groups is 1. The topological polar surface area (TPSA) is 41.6 Å². The minimum absolute atomic E-state index is 0.269. The molecule has 1 atom stereocenters. The summed E-state index contributed by atoms with van der Waals surface area (Å²) in [5.74, 6) is -0.293. The second kappa shape index (κ2) is 4.02. The van der Waals surface area contributed by atoms with Crippen LogP contribution < -0.4 is 5.32 Å². The first-order valence-corrected chi connectivity index (χ1v) is 5.06. The van der Waals surface area contributed by atoms with E-state index < -0.39 is 18.6 Å². The van der Waals surface area contributed by atoms with Crippen molar-refractivity contribution in [3.05, 3.63) is 0 Å². The van der Waals surface area contributed by atoms with Gasteiger partial charge >= 0.3 is 0 Å². The van der Waals surface area contributed by atoms with E-state index in [-0.39, 0.29) is 12.5 Å². The van der Waals surface area contributed by atoms with Gasteiger partial charge in [0.2, 0.25) is 0 Å². The number of ether oxygens (including phenoxy) is 1. The van der Waals surface area contributed by atoms with Crippen LogP contribution in [0, 0.1) is 0 Å². The number of halogens is 2. The number of hydrogen-bond donors (Lipinski definition) is 1. The van der Waals surface area contributed by atoms with Gasteiger partial charge in [-0.2, -0.15) is 0 Å². The van der Waals surface area contributed by atoms with Crippen LogP contribution in [0.2, 0.25) is 0 Å². The van der Waals surface area contributed by atoms with Crippen LogP contribution in [-0.4, -0.2) is 55.6 Å². The van der Waals surface area contributed by atoms with Crippen LogP contribution in [0.4, 0.5) is 8.78 Å². The van der Waals surface area contributed by atoms with E-state index in [9.17, 15) is 13.6 Å². The average Bonchev–Trinajstić information content (AvgIpc) is 2.62. The molecule has 2 aliphatic heterocycles. The third-order valence-electron chi connectivity index (χ3n) is 2.89. The molecule has 0 unspecified atom stereocenters. The molecule has 1 N–H and O–H groups in total. The summed E-state index contributed by atoms with van der Waals surface area (Å²) in [5, 5.41) is 3.03. The zero-order chi connectivity index (χ0) is 10.9. The van der Waals surface area contributed by atoms with Gasteiger partial charge in [-0.3, -0.25) is 4.79 Å². The third kappa shape index (κ3) is 1.96. The van der Waals surface area contributed by atoms with Crippen molar-refractivity contribution in [1.29, 1.82) is 0 Å². The molecule has 2 heterocycles. The van der Waals surface area contributed by atoms with Crippen molar-refractivity contribution >= 4 is 5.91 Å². The quantitative estimate of drug-likeness (QED) is 0.703. The number of nitrogens with zero attached hydrogens (tertiary/aromatic N) is 1. The molecule has 0 aliphatic carbocycles. The summed E-state index contributed by atoms with van der Waals surface area (Å²) in [6.07, 6.45) is -1.90. The van der Waals surface area contributed by atoms with Crippen LogP contribution >= 0.6 is 0 Å². The Morgan fingerprint density at radius 3 is 3.00 bits per heavy atom. The van der Waals surface area contributed by atoms with Gasteiger partial charge in [0.15, 0.2) is 5.60 Å². The van der Waals surface area contributed by atoms with Crippen LogP contribution in [0.15, 0.2) is 0 Å². The lowest BCUT2D eigenvalue weighted by atomic mass is 9.99. The highest BCUT2D eigenvalue weighted by Crippen LogP contribution is 2.26. The second-order valence-corrected chi connectivity index (χ2v) is 3.91. The number of rotatable bonds is 2. The molecule has 0 bridgehead atoms. The first-order valence-electron chi connectivity index (χ1n) is 5.06. The maximum absolute atomic E-state index is 12.2. The van der Waals surface area contributed by atoms with Crippen LogP contribution in [0.1, 0.15) is 6.42 Å². The summed E-state index contributed by atoms with van der Waals surface area (Å²) >= 11 is 0. The van der Waals surface area contributed by atoms with Gasteiger partial charge < -0.3 is 15.0 Å². The van der Waals surface area contributed by atoms with Gasteiger partial charge in [0.1, 0.15) is 0 Å². The fourth-order valence-corrected chi connectivity index (χ4v) is 2.12. The van der Waals surface area contributed by atoms with Crippen molar-refractivity contribution in [2.45, 2.75) is 18.4 Å². The number of carbonyl (C=O) groups excluding carboxylic acids is 1. The Hall–Kier alpha value is -0.750. The lowest BCUT2D eigenvalue weighted by Gasteiger charge is -2.38. The van der Waals surface area contributed by atoms with Crippen molar-refractivity contribution in [3.8, 4) is 0 Å². The van der Waals surface area contributed by atoms with Crippen molar-refractivity contribution in [1.82, 2.24) is 10.2 Å². The molecule has 15 heavy (non-hydrogen) atoms. The molecule has 4 nitrogen and oxygen atoms in total. The van der Waals surface area contributed by atoms with Crippen LogP contribution in [-0.2, 0) is 9.53 Å². The molecule has 2 aliphatic rings. The van der Waals surface area contributed by atoms with E-state index in [4.69, 9.17) is 4.74 Å². The van der Waals surface area contributed by atoms with Gasteiger partial charge in [-0.05, 0) is 13.0 Å². The summed E-state index contributed by atoms with van der Waals surface area (Å²) in [4.78, 5) is 13.1. The van der Waals surface area contributed by atoms with Crippen molar-refractivity contribution < 1.29 is 18.3 Å². The van der Waals surface area contributed by atoms with Gasteiger partial charge in [0.25, 0.3) is 12.3 Å². The van der Waals surface area contributed by atoms with E-state index in [2.05, 4.69) is 5.32 Å². The number of amides is 1. The molecular weight excluding hydrogens is 206 g/mol. The third-order valence-corrected chi connectivity index (χ3v) is 2.89. The van der Waals surface area contributed by atoms with Crippen LogP contribution in [0.25, 0.3) is 0 Å². The van der Waals surface area contributed by atoms with Crippen molar-refractivity contribution in [2.75, 3.05) is 32.8 Å². The highest BCUT2D eigenvalue weighted by atomic mass is 19.3. The summed E-state index contributed by atoms with van der Waals surface area (Å²) in [7, 11) is 0. The Morgan fingerprint density at radius 1 is 1.60 bits per heavy atom. The monoisotopic (exact) mass is 220 g/mol. The normalized spacial score (nSPS) is 31.9. The zero-order valence-corrected chi connectivity index (χ0v) is 8.34. The van der Waals surface area contributed by atoms with Gasteiger partial charge in [0.05, 0.1) is 13.2 Å². The molecule has 2 fully saturated rings. The van der Waals surface area contributed by atoms with E-state index in [1.807, 2.05) is 0 Å². The molecule has 2 saturated heterocycles. The van der Waals surface area contributed by atoms with E-state index in [0.29, 0.717) is 26.1 Å². The van der Waals surface area contributed by atoms with Gasteiger partial charge in [-0.25, -0.2) is 8.78 Å². The zero-order valence-electron chi connectivity index (χ0n) is 8.34. The molecule has 0 saturated carbocycles. The Labute approximate surface area is 86.6 Å². The molecule has 1 amide bonds. The van der Waals surface area contributed by atoms with Gasteiger partial charge in [-0.15, -0.1) is 0 Å². The maximum atomic E-state index is 12.2. The summed E-state index contributed by atoms with van der Waals surface area (Å²) in [5.41, 5.74) is -0.868. The Morgan fingerprint density at radius 2 is 2.40 bits per heavy atom. The minimum atomic E-state index is -2.47. The molecule has 1 spiro atoms. The van der Waals surface area contributed by atoms with Gasteiger partial charge in [-0.1, -0.05) is 0 Å². The van der Waals surface area contributed by atoms with E-state index in [0.717, 1.165) is 0 Å². The SMILES string of the molecule is O=C1N(CC(F)F)CCO[C@@]12CCNC2.